The highest BCUT2D eigenvalue weighted by Crippen LogP contribution is 2.41. The van der Waals surface area contributed by atoms with Crippen LogP contribution >= 0.6 is 0 Å². The Hall–Kier alpha value is -3.82. The Bertz CT molecular complexity index is 1830. The molecule has 20 nitrogen and oxygen atoms in total. The molecule has 4 aliphatic rings. The van der Waals surface area contributed by atoms with Gasteiger partial charge in [-0.2, -0.15) is 9.80 Å². The largest absolute Gasteiger partial charge is 0.458 e. The van der Waals surface area contributed by atoms with Gasteiger partial charge in [0.1, 0.15) is 59.0 Å². The summed E-state index contributed by atoms with van der Waals surface area (Å²) < 4.78 is 73.1. The highest BCUT2D eigenvalue weighted by atomic mass is 16.6. The van der Waals surface area contributed by atoms with E-state index in [1.54, 1.807) is 96.9 Å². The number of esters is 2. The van der Waals surface area contributed by atoms with Gasteiger partial charge in [0.15, 0.2) is 12.1 Å². The summed E-state index contributed by atoms with van der Waals surface area (Å²) in [6.07, 6.45) is -1.95. The zero-order valence-electron chi connectivity index (χ0n) is 49.2. The second-order valence-electron chi connectivity index (χ2n) is 25.9. The Morgan fingerprint density at radius 1 is 0.474 bits per heavy atom. The molecule has 4 fully saturated rings. The van der Waals surface area contributed by atoms with Gasteiger partial charge in [0, 0.05) is 13.2 Å². The summed E-state index contributed by atoms with van der Waals surface area (Å²) in [5.41, 5.74) is -3.93. The third-order valence-corrected chi connectivity index (χ3v) is 13.0. The van der Waals surface area contributed by atoms with E-state index in [2.05, 4.69) is 0 Å². The molecule has 0 aromatic heterocycles. The molecule has 2 aliphatic heterocycles. The predicted octanol–water partition coefficient (Wildman–Crippen LogP) is 9.96. The molecule has 2 heterocycles. The van der Waals surface area contributed by atoms with Crippen LogP contribution in [0.1, 0.15) is 176 Å². The smallest absolute Gasteiger partial charge is 0.420 e. The summed E-state index contributed by atoms with van der Waals surface area (Å²) in [5.74, 6) is -0.456. The maximum atomic E-state index is 14.0. The molecule has 438 valence electrons. The second-order valence-corrected chi connectivity index (χ2v) is 25.9. The topological polar surface area (TPSA) is 220 Å². The first kappa shape index (κ1) is 64.7. The molecule has 2 aliphatic carbocycles. The van der Waals surface area contributed by atoms with Gasteiger partial charge in [-0.25, -0.2) is 28.8 Å². The molecule has 76 heavy (non-hydrogen) atoms. The van der Waals surface area contributed by atoms with Gasteiger partial charge in [-0.15, -0.1) is 0 Å². The molecular formula is C56H96N2O18. The van der Waals surface area contributed by atoms with Crippen LogP contribution < -0.4 is 0 Å². The average molecular weight is 1090 g/mol. The van der Waals surface area contributed by atoms with Gasteiger partial charge in [-0.05, 0) is 172 Å². The number of hydrogen-bond donors (Lipinski definition) is 0. The molecule has 0 N–H and O–H groups in total. The SMILES string of the molecule is CC(C)COC1COCC(N(C(=O)OC(C)(C)C)C(=O)OC(C)(C)C)C(=O)OC(C)C1OC1CCC(C2CCC(OC3COCC(N(C(=O)OC(C)(C)C)C(=O)OC(C)(C)C)C(=O)OC(C)C3OCC(C)C)CC2)CC1. The van der Waals surface area contributed by atoms with E-state index in [0.29, 0.717) is 34.8 Å². The highest BCUT2D eigenvalue weighted by molar-refractivity contribution is 5.95. The summed E-state index contributed by atoms with van der Waals surface area (Å²) in [6.45, 7) is 31.5. The lowest BCUT2D eigenvalue weighted by atomic mass is 9.72. The summed E-state index contributed by atoms with van der Waals surface area (Å²) in [5, 5.41) is 0. The van der Waals surface area contributed by atoms with Crippen LogP contribution in [-0.4, -0.2) is 169 Å². The van der Waals surface area contributed by atoms with E-state index in [4.69, 9.17) is 56.8 Å². The zero-order valence-corrected chi connectivity index (χ0v) is 49.2. The zero-order chi connectivity index (χ0) is 57.1. The lowest BCUT2D eigenvalue weighted by molar-refractivity contribution is -0.183. The fraction of sp³-hybridized carbons (Fsp3) is 0.893. The van der Waals surface area contributed by atoms with Crippen molar-refractivity contribution in [2.75, 3.05) is 39.6 Å². The fourth-order valence-electron chi connectivity index (χ4n) is 9.62. The third-order valence-electron chi connectivity index (χ3n) is 13.0. The third kappa shape index (κ3) is 21.1. The summed E-state index contributed by atoms with van der Waals surface area (Å²) in [4.78, 5) is 83.5. The van der Waals surface area contributed by atoms with Gasteiger partial charge in [0.2, 0.25) is 0 Å². The van der Waals surface area contributed by atoms with Crippen LogP contribution in [0.5, 0.6) is 0 Å². The Kier molecular flexibility index (Phi) is 23.7. The number of imide groups is 2. The van der Waals surface area contributed by atoms with Gasteiger partial charge >= 0.3 is 36.3 Å². The lowest BCUT2D eigenvalue weighted by Gasteiger charge is -2.41. The highest BCUT2D eigenvalue weighted by Gasteiger charge is 2.47. The molecule has 4 amide bonds. The van der Waals surface area contributed by atoms with E-state index < -0.39 is 107 Å². The quantitative estimate of drug-likeness (QED) is 0.124. The van der Waals surface area contributed by atoms with Gasteiger partial charge in [-0.3, -0.25) is 0 Å². The number of ether oxygens (including phenoxy) is 12. The van der Waals surface area contributed by atoms with Gasteiger partial charge in [-0.1, -0.05) is 27.7 Å². The number of carbonyl (C=O) groups excluding carboxylic acids is 6. The maximum Gasteiger partial charge on any atom is 0.420 e. The Labute approximate surface area is 453 Å². The molecule has 8 unspecified atom stereocenters. The van der Waals surface area contributed by atoms with E-state index in [1.807, 2.05) is 27.7 Å². The molecule has 0 spiro atoms. The molecule has 0 radical (unpaired) electrons. The minimum Gasteiger partial charge on any atom is -0.458 e. The summed E-state index contributed by atoms with van der Waals surface area (Å²) >= 11 is 0. The molecule has 4 rings (SSSR count). The van der Waals surface area contributed by atoms with Crippen molar-refractivity contribution in [1.29, 1.82) is 0 Å². The molecule has 2 saturated heterocycles. The van der Waals surface area contributed by atoms with Crippen LogP contribution in [-0.2, 0) is 66.4 Å². The van der Waals surface area contributed by atoms with E-state index >= 15 is 0 Å². The monoisotopic (exact) mass is 1080 g/mol. The van der Waals surface area contributed by atoms with Crippen molar-refractivity contribution in [3.05, 3.63) is 0 Å². The van der Waals surface area contributed by atoms with Crippen molar-refractivity contribution >= 4 is 36.3 Å². The van der Waals surface area contributed by atoms with Crippen LogP contribution in [0, 0.1) is 23.7 Å². The van der Waals surface area contributed by atoms with Crippen molar-refractivity contribution in [3.8, 4) is 0 Å². The van der Waals surface area contributed by atoms with Crippen molar-refractivity contribution < 1.29 is 85.6 Å². The maximum absolute atomic E-state index is 14.0. The van der Waals surface area contributed by atoms with Crippen molar-refractivity contribution in [1.82, 2.24) is 9.80 Å². The first-order valence-corrected chi connectivity index (χ1v) is 27.7. The molecule has 0 aromatic rings. The Morgan fingerprint density at radius 3 is 1.16 bits per heavy atom. The van der Waals surface area contributed by atoms with E-state index in [1.165, 1.54) is 0 Å². The second kappa shape index (κ2) is 27.9. The number of carbonyl (C=O) groups is 6. The van der Waals surface area contributed by atoms with Crippen LogP contribution in [0.2, 0.25) is 0 Å². The van der Waals surface area contributed by atoms with Gasteiger partial charge in [0.25, 0.3) is 0 Å². The fourth-order valence-corrected chi connectivity index (χ4v) is 9.62. The van der Waals surface area contributed by atoms with Crippen LogP contribution in [0.3, 0.4) is 0 Å². The molecule has 0 bridgehead atoms. The predicted molar refractivity (Wildman–Crippen MR) is 279 cm³/mol. The number of amides is 4. The summed E-state index contributed by atoms with van der Waals surface area (Å²) in [6, 6.07) is -3.01. The van der Waals surface area contributed by atoms with Crippen molar-refractivity contribution in [2.24, 2.45) is 23.7 Å². The molecule has 8 atom stereocenters. The normalized spacial score (nSPS) is 29.7. The van der Waals surface area contributed by atoms with Crippen LogP contribution in [0.4, 0.5) is 19.2 Å². The number of rotatable bonds is 13. The minimum atomic E-state index is -1.51. The Morgan fingerprint density at radius 2 is 0.803 bits per heavy atom. The number of cyclic esters (lactones) is 2. The van der Waals surface area contributed by atoms with Crippen LogP contribution in [0.25, 0.3) is 0 Å². The Balaban J connectivity index is 1.43. The minimum absolute atomic E-state index is 0.00611. The first-order chi connectivity index (χ1) is 35.1. The molecule has 2 saturated carbocycles. The van der Waals surface area contributed by atoms with E-state index in [-0.39, 0.29) is 50.5 Å². The van der Waals surface area contributed by atoms with E-state index in [0.717, 1.165) is 51.4 Å². The van der Waals surface area contributed by atoms with Crippen molar-refractivity contribution in [2.45, 2.75) is 259 Å². The van der Waals surface area contributed by atoms with Gasteiger partial charge < -0.3 is 56.8 Å². The summed E-state index contributed by atoms with van der Waals surface area (Å²) in [7, 11) is 0. The first-order valence-electron chi connectivity index (χ1n) is 27.7. The number of hydrogen-bond acceptors (Lipinski definition) is 18. The van der Waals surface area contributed by atoms with Gasteiger partial charge in [0.05, 0.1) is 38.6 Å². The standard InChI is InChI=1S/C56H96N2O18/c1-33(2)27-67-43-31-65-29-41(57(49(61)73-53(7,8)9)50(62)74-54(10,11)12)48(60)70-36(6)46(43)72-40-25-21-38(22-26-40)37-19-23-39(24-20-37)71-44-32-66-30-42(47(59)69-35(5)45(44)68-28-34(3)4)58(51(63)75-55(13,14)15)52(64)76-56(16,17)18/h33-46H,19-32H2,1-18H3. The number of nitrogens with zero attached hydrogens (tertiary/aromatic N) is 2. The molecule has 0 aromatic carbocycles. The lowest BCUT2D eigenvalue weighted by Crippen LogP contribution is -2.54. The molecular weight excluding hydrogens is 989 g/mol. The van der Waals surface area contributed by atoms with Crippen molar-refractivity contribution in [3.63, 3.8) is 0 Å². The van der Waals surface area contributed by atoms with E-state index in [9.17, 15) is 28.8 Å². The average Bonchev–Trinajstić information content (AvgIpc) is 3.34. The molecule has 20 heteroatoms. The van der Waals surface area contributed by atoms with Crippen LogP contribution in [0.15, 0.2) is 0 Å².